The van der Waals surface area contributed by atoms with E-state index in [9.17, 15) is 10.1 Å². The number of hydrogen-bond acceptors (Lipinski definition) is 5. The fraction of sp³-hybridized carbons (Fsp3) is 0.350. The molecule has 0 aromatic heterocycles. The molecule has 0 saturated carbocycles. The molecule has 0 saturated heterocycles. The maximum absolute atomic E-state index is 10.7. The Labute approximate surface area is 187 Å². The van der Waals surface area contributed by atoms with Crippen LogP contribution in [0.1, 0.15) is 11.1 Å². The van der Waals surface area contributed by atoms with E-state index in [4.69, 9.17) is 9.47 Å². The zero-order valence-electron chi connectivity index (χ0n) is 16.6. The number of nitrogens with one attached hydrogen (secondary N) is 2. The largest absolute Gasteiger partial charge is 0.496 e. The lowest BCUT2D eigenvalue weighted by Crippen LogP contribution is -2.40. The van der Waals surface area contributed by atoms with Gasteiger partial charge >= 0.3 is 0 Å². The molecule has 0 aliphatic rings. The second-order valence-electron chi connectivity index (χ2n) is 6.00. The number of aliphatic imine (C=N–C) groups is 1. The summed E-state index contributed by atoms with van der Waals surface area (Å²) in [5, 5.41) is 17.3. The van der Waals surface area contributed by atoms with Crippen LogP contribution in [0.15, 0.2) is 53.5 Å². The fourth-order valence-corrected chi connectivity index (χ4v) is 2.56. The van der Waals surface area contributed by atoms with E-state index < -0.39 is 4.92 Å². The summed E-state index contributed by atoms with van der Waals surface area (Å²) >= 11 is 0. The molecule has 0 unspecified atom stereocenters. The lowest BCUT2D eigenvalue weighted by molar-refractivity contribution is -0.384. The number of para-hydroxylation sites is 1. The number of benzene rings is 2. The van der Waals surface area contributed by atoms with E-state index >= 15 is 0 Å². The molecule has 158 valence electrons. The highest BCUT2D eigenvalue weighted by molar-refractivity contribution is 14.0. The van der Waals surface area contributed by atoms with Gasteiger partial charge in [-0.25, -0.2) is 4.99 Å². The second kappa shape index (κ2) is 13.7. The molecular weight excluding hydrogens is 487 g/mol. The number of methoxy groups -OCH3 is 2. The topological polar surface area (TPSA) is 98.0 Å². The molecule has 0 spiro atoms. The molecule has 0 amide bonds. The number of nitro groups is 1. The first kappa shape index (κ1) is 24.6. The first-order valence-corrected chi connectivity index (χ1v) is 9.00. The van der Waals surface area contributed by atoms with Gasteiger partial charge in [0.25, 0.3) is 5.69 Å². The SMILES string of the molecule is COCCNC(=NCc1ccc([N+](=O)[O-])cc1)NCCc1ccccc1OC.I. The van der Waals surface area contributed by atoms with Crippen molar-refractivity contribution in [2.24, 2.45) is 4.99 Å². The van der Waals surface area contributed by atoms with Crippen LogP contribution in [-0.4, -0.2) is 44.8 Å². The minimum atomic E-state index is -0.413. The van der Waals surface area contributed by atoms with Gasteiger partial charge in [-0.05, 0) is 23.6 Å². The van der Waals surface area contributed by atoms with Gasteiger partial charge in [0.2, 0.25) is 0 Å². The minimum Gasteiger partial charge on any atom is -0.496 e. The maximum Gasteiger partial charge on any atom is 0.269 e. The van der Waals surface area contributed by atoms with Crippen LogP contribution in [0.2, 0.25) is 0 Å². The molecule has 0 fully saturated rings. The molecule has 0 radical (unpaired) electrons. The Bertz CT molecular complexity index is 784. The van der Waals surface area contributed by atoms with E-state index in [2.05, 4.69) is 15.6 Å². The average molecular weight is 514 g/mol. The Hall–Kier alpha value is -2.40. The predicted octanol–water partition coefficient (Wildman–Crippen LogP) is 3.15. The standard InChI is InChI=1S/C20H26N4O4.HI/c1-27-14-13-22-20(21-12-11-17-5-3-4-6-19(17)28-2)23-15-16-7-9-18(10-8-16)24(25)26;/h3-10H,11-15H2,1-2H3,(H2,21,22,23);1H. The molecule has 2 N–H and O–H groups in total. The molecule has 8 nitrogen and oxygen atoms in total. The molecule has 2 aromatic rings. The molecule has 0 aliphatic carbocycles. The van der Waals surface area contributed by atoms with Crippen molar-refractivity contribution >= 4 is 35.6 Å². The van der Waals surface area contributed by atoms with Crippen molar-refractivity contribution in [1.82, 2.24) is 10.6 Å². The summed E-state index contributed by atoms with van der Waals surface area (Å²) in [6, 6.07) is 14.3. The molecule has 0 aliphatic heterocycles. The number of guanidine groups is 1. The highest BCUT2D eigenvalue weighted by Crippen LogP contribution is 2.17. The van der Waals surface area contributed by atoms with Gasteiger partial charge in [-0.2, -0.15) is 0 Å². The summed E-state index contributed by atoms with van der Waals surface area (Å²) in [4.78, 5) is 14.9. The number of non-ortho nitro benzene ring substituents is 1. The molecule has 0 atom stereocenters. The number of nitro benzene ring substituents is 1. The molecule has 9 heteroatoms. The van der Waals surface area contributed by atoms with E-state index in [0.717, 1.165) is 23.3 Å². The highest BCUT2D eigenvalue weighted by Gasteiger charge is 2.05. The van der Waals surface area contributed by atoms with Crippen LogP contribution in [0.4, 0.5) is 5.69 Å². The van der Waals surface area contributed by atoms with E-state index in [-0.39, 0.29) is 29.7 Å². The summed E-state index contributed by atoms with van der Waals surface area (Å²) < 4.78 is 10.4. The number of ether oxygens (including phenoxy) is 2. The Kier molecular flexibility index (Phi) is 11.7. The third-order valence-corrected chi connectivity index (χ3v) is 4.04. The van der Waals surface area contributed by atoms with Crippen LogP contribution < -0.4 is 15.4 Å². The molecule has 0 bridgehead atoms. The third kappa shape index (κ3) is 8.65. The second-order valence-corrected chi connectivity index (χ2v) is 6.00. The van der Waals surface area contributed by atoms with Crippen LogP contribution in [-0.2, 0) is 17.7 Å². The molecule has 2 rings (SSSR count). The molecule has 2 aromatic carbocycles. The van der Waals surface area contributed by atoms with Gasteiger partial charge in [0, 0.05) is 32.3 Å². The van der Waals surface area contributed by atoms with Crippen LogP contribution >= 0.6 is 24.0 Å². The van der Waals surface area contributed by atoms with Crippen molar-refractivity contribution in [3.8, 4) is 5.75 Å². The first-order chi connectivity index (χ1) is 13.6. The van der Waals surface area contributed by atoms with Gasteiger partial charge in [0.1, 0.15) is 5.75 Å². The van der Waals surface area contributed by atoms with Crippen LogP contribution in [0.25, 0.3) is 0 Å². The van der Waals surface area contributed by atoms with Gasteiger partial charge in [0.15, 0.2) is 5.96 Å². The van der Waals surface area contributed by atoms with Gasteiger partial charge in [0.05, 0.1) is 25.2 Å². The summed E-state index contributed by atoms with van der Waals surface area (Å²) in [5.41, 5.74) is 2.08. The van der Waals surface area contributed by atoms with E-state index in [1.54, 1.807) is 26.4 Å². The summed E-state index contributed by atoms with van der Waals surface area (Å²) in [7, 11) is 3.31. The smallest absolute Gasteiger partial charge is 0.269 e. The zero-order valence-corrected chi connectivity index (χ0v) is 18.9. The van der Waals surface area contributed by atoms with Gasteiger partial charge in [-0.1, -0.05) is 30.3 Å². The van der Waals surface area contributed by atoms with Crippen molar-refractivity contribution in [3.05, 3.63) is 69.8 Å². The molecule has 0 heterocycles. The Morgan fingerprint density at radius 2 is 1.76 bits per heavy atom. The first-order valence-electron chi connectivity index (χ1n) is 9.00. The van der Waals surface area contributed by atoms with Gasteiger partial charge in [-0.3, -0.25) is 10.1 Å². The lowest BCUT2D eigenvalue weighted by Gasteiger charge is -2.13. The van der Waals surface area contributed by atoms with Gasteiger partial charge in [-0.15, -0.1) is 24.0 Å². The van der Waals surface area contributed by atoms with Crippen LogP contribution in [0, 0.1) is 10.1 Å². The predicted molar refractivity (Wildman–Crippen MR) is 124 cm³/mol. The Morgan fingerprint density at radius 3 is 2.41 bits per heavy atom. The number of hydrogen-bond donors (Lipinski definition) is 2. The quantitative estimate of drug-likeness (QED) is 0.126. The third-order valence-electron chi connectivity index (χ3n) is 4.04. The monoisotopic (exact) mass is 514 g/mol. The Balaban J connectivity index is 0.00000420. The Morgan fingerprint density at radius 1 is 1.07 bits per heavy atom. The van der Waals surface area contributed by atoms with Gasteiger partial charge < -0.3 is 20.1 Å². The number of nitrogens with zero attached hydrogens (tertiary/aromatic N) is 2. The fourth-order valence-electron chi connectivity index (χ4n) is 2.56. The van der Waals surface area contributed by atoms with E-state index in [1.807, 2.05) is 24.3 Å². The van der Waals surface area contributed by atoms with E-state index in [0.29, 0.717) is 32.2 Å². The van der Waals surface area contributed by atoms with Crippen molar-refractivity contribution in [1.29, 1.82) is 0 Å². The number of rotatable bonds is 10. The van der Waals surface area contributed by atoms with Crippen LogP contribution in [0.3, 0.4) is 0 Å². The zero-order chi connectivity index (χ0) is 20.2. The van der Waals surface area contributed by atoms with E-state index in [1.165, 1.54) is 12.1 Å². The van der Waals surface area contributed by atoms with Crippen molar-refractivity contribution in [2.75, 3.05) is 33.9 Å². The minimum absolute atomic E-state index is 0. The van der Waals surface area contributed by atoms with Crippen molar-refractivity contribution in [3.63, 3.8) is 0 Å². The molecular formula is C20H27IN4O4. The van der Waals surface area contributed by atoms with Crippen LogP contribution in [0.5, 0.6) is 5.75 Å². The summed E-state index contributed by atoms with van der Waals surface area (Å²) in [6.07, 6.45) is 0.784. The highest BCUT2D eigenvalue weighted by atomic mass is 127. The van der Waals surface area contributed by atoms with Crippen molar-refractivity contribution < 1.29 is 14.4 Å². The van der Waals surface area contributed by atoms with Crippen molar-refractivity contribution in [2.45, 2.75) is 13.0 Å². The summed E-state index contributed by atoms with van der Waals surface area (Å²) in [5.74, 6) is 1.52. The average Bonchev–Trinajstić information content (AvgIpc) is 2.72. The maximum atomic E-state index is 10.7. The lowest BCUT2D eigenvalue weighted by atomic mass is 10.1. The normalized spacial score (nSPS) is 10.8. The molecule has 29 heavy (non-hydrogen) atoms. The number of halogens is 1. The summed E-state index contributed by atoms with van der Waals surface area (Å²) in [6.45, 7) is 2.27.